The van der Waals surface area contributed by atoms with Crippen molar-refractivity contribution in [1.29, 1.82) is 0 Å². The van der Waals surface area contributed by atoms with Crippen LogP contribution in [0.25, 0.3) is 0 Å². The molecule has 0 aliphatic heterocycles. The molecule has 27 heavy (non-hydrogen) atoms. The van der Waals surface area contributed by atoms with Gasteiger partial charge in [-0.1, -0.05) is 6.42 Å². The summed E-state index contributed by atoms with van der Waals surface area (Å²) in [6.07, 6.45) is 3.76. The van der Waals surface area contributed by atoms with Crippen LogP contribution in [0.15, 0.2) is 17.1 Å². The maximum Gasteiger partial charge on any atom is 0.269 e. The topological polar surface area (TPSA) is 153 Å². The highest BCUT2D eigenvalue weighted by Crippen LogP contribution is 2.40. The van der Waals surface area contributed by atoms with Crippen molar-refractivity contribution in [3.05, 3.63) is 45.4 Å². The van der Waals surface area contributed by atoms with Gasteiger partial charge in [-0.3, -0.25) is 19.5 Å². The molecule has 2 aromatic heterocycles. The number of aromatic amines is 2. The van der Waals surface area contributed by atoms with E-state index in [1.54, 1.807) is 13.1 Å². The number of carbonyl (C=O) groups excluding carboxylic acids is 2. The van der Waals surface area contributed by atoms with Gasteiger partial charge in [-0.05, 0) is 25.3 Å². The second-order valence-electron chi connectivity index (χ2n) is 6.77. The van der Waals surface area contributed by atoms with Crippen molar-refractivity contribution >= 4 is 11.8 Å². The van der Waals surface area contributed by atoms with Gasteiger partial charge < -0.3 is 20.7 Å². The Morgan fingerprint density at radius 3 is 2.67 bits per heavy atom. The van der Waals surface area contributed by atoms with Gasteiger partial charge in [0, 0.05) is 6.07 Å². The summed E-state index contributed by atoms with van der Waals surface area (Å²) in [5.74, 6) is -0.311. The second-order valence-corrected chi connectivity index (χ2v) is 6.77. The third-order valence-corrected chi connectivity index (χ3v) is 4.84. The van der Waals surface area contributed by atoms with E-state index >= 15 is 0 Å². The maximum atomic E-state index is 12.2. The zero-order chi connectivity index (χ0) is 19.4. The van der Waals surface area contributed by atoms with Crippen LogP contribution in [0, 0.1) is 12.3 Å². The van der Waals surface area contributed by atoms with Gasteiger partial charge in [-0.2, -0.15) is 5.10 Å². The lowest BCUT2D eigenvalue weighted by molar-refractivity contribution is -0.139. The number of aromatic nitrogens is 4. The molecule has 1 aliphatic rings. The molecule has 5 N–H and O–H groups in total. The number of amides is 2. The van der Waals surface area contributed by atoms with Gasteiger partial charge in [-0.25, -0.2) is 4.98 Å². The van der Waals surface area contributed by atoms with Crippen LogP contribution in [0.2, 0.25) is 0 Å². The van der Waals surface area contributed by atoms with Gasteiger partial charge in [0.1, 0.15) is 11.5 Å². The van der Waals surface area contributed by atoms with E-state index in [1.807, 2.05) is 0 Å². The Bertz CT molecular complexity index is 893. The molecule has 144 valence electrons. The van der Waals surface area contributed by atoms with Crippen LogP contribution >= 0.6 is 0 Å². The van der Waals surface area contributed by atoms with E-state index in [9.17, 15) is 19.5 Å². The highest BCUT2D eigenvalue weighted by atomic mass is 16.3. The van der Waals surface area contributed by atoms with E-state index in [4.69, 9.17) is 0 Å². The van der Waals surface area contributed by atoms with Crippen LogP contribution in [0.1, 0.15) is 46.8 Å². The lowest BCUT2D eigenvalue weighted by atomic mass is 9.68. The Kier molecular flexibility index (Phi) is 5.36. The van der Waals surface area contributed by atoms with E-state index in [2.05, 4.69) is 30.8 Å². The quantitative estimate of drug-likeness (QED) is 0.441. The van der Waals surface area contributed by atoms with E-state index in [-0.39, 0.29) is 42.9 Å². The molecule has 2 amide bonds. The largest absolute Gasteiger partial charge is 0.395 e. The van der Waals surface area contributed by atoms with Crippen molar-refractivity contribution in [2.24, 2.45) is 5.41 Å². The average Bonchev–Trinajstić information content (AvgIpc) is 3.03. The predicted octanol–water partition coefficient (Wildman–Crippen LogP) is -0.490. The SMILES string of the molecule is Cc1cn[nH]c1C(=O)NCc1cc(=O)[nH]c(CNC(=O)C2(CO)CCC2)n1. The first kappa shape index (κ1) is 18.8. The molecule has 0 radical (unpaired) electrons. The molecule has 3 rings (SSSR count). The Labute approximate surface area is 154 Å². The number of nitrogens with one attached hydrogen (secondary N) is 4. The van der Waals surface area contributed by atoms with Gasteiger partial charge in [0.2, 0.25) is 5.91 Å². The summed E-state index contributed by atoms with van der Waals surface area (Å²) < 4.78 is 0. The number of hydrogen-bond donors (Lipinski definition) is 5. The molecule has 0 aromatic carbocycles. The molecule has 0 bridgehead atoms. The van der Waals surface area contributed by atoms with E-state index in [0.717, 1.165) is 6.42 Å². The first-order chi connectivity index (χ1) is 12.9. The number of nitrogens with zero attached hydrogens (tertiary/aromatic N) is 2. The lowest BCUT2D eigenvalue weighted by Crippen LogP contribution is -2.48. The summed E-state index contributed by atoms with van der Waals surface area (Å²) in [7, 11) is 0. The maximum absolute atomic E-state index is 12.2. The van der Waals surface area contributed by atoms with Gasteiger partial charge in [0.05, 0.1) is 37.0 Å². The van der Waals surface area contributed by atoms with Crippen molar-refractivity contribution in [2.75, 3.05) is 6.61 Å². The number of aryl methyl sites for hydroxylation is 1. The Morgan fingerprint density at radius 1 is 1.30 bits per heavy atom. The molecular formula is C17H22N6O4. The molecule has 1 fully saturated rings. The number of aliphatic hydroxyl groups excluding tert-OH is 1. The fourth-order valence-electron chi connectivity index (χ4n) is 2.98. The van der Waals surface area contributed by atoms with Crippen LogP contribution in [0.5, 0.6) is 0 Å². The molecule has 0 atom stereocenters. The number of rotatable bonds is 7. The normalized spacial score (nSPS) is 15.0. The van der Waals surface area contributed by atoms with Gasteiger partial charge in [0.25, 0.3) is 11.5 Å². The summed E-state index contributed by atoms with van der Waals surface area (Å²) in [5, 5.41) is 21.2. The van der Waals surface area contributed by atoms with Crippen molar-refractivity contribution in [3.63, 3.8) is 0 Å². The van der Waals surface area contributed by atoms with Crippen LogP contribution in [-0.4, -0.2) is 43.7 Å². The van der Waals surface area contributed by atoms with E-state index in [1.165, 1.54) is 6.07 Å². The molecule has 0 saturated heterocycles. The Balaban J connectivity index is 1.61. The third-order valence-electron chi connectivity index (χ3n) is 4.84. The first-order valence-corrected chi connectivity index (χ1v) is 8.70. The molecular weight excluding hydrogens is 352 g/mol. The minimum Gasteiger partial charge on any atom is -0.395 e. The molecule has 10 nitrogen and oxygen atoms in total. The van der Waals surface area contributed by atoms with Crippen LogP contribution in [0.3, 0.4) is 0 Å². The highest BCUT2D eigenvalue weighted by Gasteiger charge is 2.43. The summed E-state index contributed by atoms with van der Waals surface area (Å²) in [5.41, 5.74) is 0.338. The predicted molar refractivity (Wildman–Crippen MR) is 94.6 cm³/mol. The number of aliphatic hydroxyl groups is 1. The molecule has 1 aliphatic carbocycles. The highest BCUT2D eigenvalue weighted by molar-refractivity contribution is 5.93. The molecule has 2 heterocycles. The number of H-pyrrole nitrogens is 2. The Morgan fingerprint density at radius 2 is 2.07 bits per heavy atom. The second kappa shape index (κ2) is 7.70. The van der Waals surface area contributed by atoms with Crippen LogP contribution < -0.4 is 16.2 Å². The van der Waals surface area contributed by atoms with Gasteiger partial charge >= 0.3 is 0 Å². The zero-order valence-corrected chi connectivity index (χ0v) is 15.0. The lowest BCUT2D eigenvalue weighted by Gasteiger charge is -2.38. The van der Waals surface area contributed by atoms with Crippen molar-refractivity contribution in [3.8, 4) is 0 Å². The van der Waals surface area contributed by atoms with Crippen molar-refractivity contribution in [1.82, 2.24) is 30.8 Å². The molecule has 10 heteroatoms. The summed E-state index contributed by atoms with van der Waals surface area (Å²) in [4.78, 5) is 43.0. The third kappa shape index (κ3) is 4.05. The number of carbonyl (C=O) groups is 2. The molecule has 2 aromatic rings. The number of hydrogen-bond acceptors (Lipinski definition) is 6. The fraction of sp³-hybridized carbons (Fsp3) is 0.471. The average molecular weight is 374 g/mol. The molecule has 0 unspecified atom stereocenters. The Hall–Kier alpha value is -3.01. The summed E-state index contributed by atoms with van der Waals surface area (Å²) >= 11 is 0. The van der Waals surface area contributed by atoms with Crippen LogP contribution in [0.4, 0.5) is 0 Å². The standard InChI is InChI=1S/C17H22N6O4/c1-10-6-20-23-14(10)15(26)18-7-11-5-13(25)22-12(21-11)8-19-16(27)17(9-24)3-2-4-17/h5-6,24H,2-4,7-9H2,1H3,(H,18,26)(H,19,27)(H,20,23)(H,21,22,25). The summed E-state index contributed by atoms with van der Waals surface area (Å²) in [6, 6.07) is 1.28. The summed E-state index contributed by atoms with van der Waals surface area (Å²) in [6.45, 7) is 1.66. The van der Waals surface area contributed by atoms with E-state index in [0.29, 0.717) is 29.8 Å². The monoisotopic (exact) mass is 374 g/mol. The fourth-order valence-corrected chi connectivity index (χ4v) is 2.98. The zero-order valence-electron chi connectivity index (χ0n) is 15.0. The van der Waals surface area contributed by atoms with Gasteiger partial charge in [-0.15, -0.1) is 0 Å². The minimum absolute atomic E-state index is 0.0390. The van der Waals surface area contributed by atoms with Crippen LogP contribution in [-0.2, 0) is 17.9 Å². The van der Waals surface area contributed by atoms with Gasteiger partial charge in [0.15, 0.2) is 0 Å². The first-order valence-electron chi connectivity index (χ1n) is 8.70. The smallest absolute Gasteiger partial charge is 0.269 e. The molecule has 1 saturated carbocycles. The minimum atomic E-state index is -0.714. The molecule has 0 spiro atoms. The van der Waals surface area contributed by atoms with Crippen molar-refractivity contribution < 1.29 is 14.7 Å². The van der Waals surface area contributed by atoms with Crippen molar-refractivity contribution in [2.45, 2.75) is 39.3 Å². The van der Waals surface area contributed by atoms with E-state index < -0.39 is 5.41 Å².